The van der Waals surface area contributed by atoms with Gasteiger partial charge in [-0.05, 0) is 52.5 Å². The second kappa shape index (κ2) is 9.14. The summed E-state index contributed by atoms with van der Waals surface area (Å²) in [5.74, 6) is 0.882. The van der Waals surface area contributed by atoms with E-state index in [-0.39, 0.29) is 5.92 Å². The lowest BCUT2D eigenvalue weighted by molar-refractivity contribution is -0.127. The molecule has 32 heavy (non-hydrogen) atoms. The highest BCUT2D eigenvalue weighted by atomic mass is 127. The van der Waals surface area contributed by atoms with Crippen LogP contribution in [0.4, 0.5) is 0 Å². The Morgan fingerprint density at radius 3 is 2.62 bits per heavy atom. The number of Topliss-reactive ketones (excluding diaryl/α,β-unsaturated/α-hetero) is 1. The maximum absolute atomic E-state index is 13.1. The van der Waals surface area contributed by atoms with Gasteiger partial charge in [-0.25, -0.2) is 0 Å². The van der Waals surface area contributed by atoms with Crippen LogP contribution < -0.4 is 0 Å². The molecule has 2 fully saturated rings. The quantitative estimate of drug-likeness (QED) is 0.326. The van der Waals surface area contributed by atoms with Gasteiger partial charge in [-0.1, -0.05) is 78.1 Å². The Labute approximate surface area is 204 Å². The van der Waals surface area contributed by atoms with Gasteiger partial charge in [-0.2, -0.15) is 0 Å². The number of aromatic nitrogens is 1. The number of carbonyl (C=O) groups excluding carboxylic acids is 1. The van der Waals surface area contributed by atoms with Gasteiger partial charge in [0.2, 0.25) is 0 Å². The van der Waals surface area contributed by atoms with Crippen molar-refractivity contribution in [2.45, 2.75) is 50.6 Å². The first-order valence-electron chi connectivity index (χ1n) is 11.8. The van der Waals surface area contributed by atoms with E-state index in [1.54, 1.807) is 0 Å². The number of carbonyl (C=O) groups is 1. The van der Waals surface area contributed by atoms with Crippen LogP contribution in [0.1, 0.15) is 44.1 Å². The van der Waals surface area contributed by atoms with Crippen LogP contribution in [-0.2, 0) is 11.8 Å². The standard InChI is InChI=1S/C28H31IN2O/c1-3-27(32)28-23(18-22-13-14-25(28)31(22)16-6-15-29)19-9-11-20(12-10-19)26-17-21-7-4-5-8-24(21)30(26)2/h4-12,15,17,22-23,25,28H,3,13-14,16,18H2,1-2H3/b15-6+/t22-,23+,25+,28-/m0/s1. The first-order chi connectivity index (χ1) is 15.6. The minimum atomic E-state index is 0.116. The maximum atomic E-state index is 13.1. The largest absolute Gasteiger partial charge is 0.344 e. The molecule has 2 bridgehead atoms. The van der Waals surface area contributed by atoms with Gasteiger partial charge in [-0.15, -0.1) is 0 Å². The fourth-order valence-electron chi connectivity index (χ4n) is 6.24. The van der Waals surface area contributed by atoms with Crippen molar-refractivity contribution in [3.8, 4) is 11.3 Å². The molecule has 4 atom stereocenters. The lowest BCUT2D eigenvalue weighted by atomic mass is 9.73. The number of para-hydroxylation sites is 1. The molecule has 4 heteroatoms. The topological polar surface area (TPSA) is 25.2 Å². The van der Waals surface area contributed by atoms with E-state index in [1.165, 1.54) is 34.1 Å². The minimum absolute atomic E-state index is 0.116. The summed E-state index contributed by atoms with van der Waals surface area (Å²) in [4.78, 5) is 15.7. The van der Waals surface area contributed by atoms with Crippen molar-refractivity contribution in [2.75, 3.05) is 6.54 Å². The van der Waals surface area contributed by atoms with Gasteiger partial charge >= 0.3 is 0 Å². The highest BCUT2D eigenvalue weighted by molar-refractivity contribution is 14.1. The van der Waals surface area contributed by atoms with E-state index in [0.717, 1.165) is 19.4 Å². The second-order valence-electron chi connectivity index (χ2n) is 9.31. The number of nitrogens with zero attached hydrogens (tertiary/aromatic N) is 2. The van der Waals surface area contributed by atoms with Gasteiger partial charge in [0, 0.05) is 54.6 Å². The lowest BCUT2D eigenvalue weighted by Gasteiger charge is -2.44. The summed E-state index contributed by atoms with van der Waals surface area (Å²) in [6.45, 7) is 3.00. The SMILES string of the molecule is CCC(=O)[C@H]1[C@@H](c2ccc(-c3cc4ccccc4n3C)cc2)C[C@@H]2CC[C@H]1N2C/C=C/I. The molecule has 0 saturated carbocycles. The number of hydrogen-bond donors (Lipinski definition) is 0. The van der Waals surface area contributed by atoms with E-state index in [0.29, 0.717) is 30.2 Å². The molecule has 0 amide bonds. The van der Waals surface area contributed by atoms with Gasteiger partial charge in [0.05, 0.1) is 0 Å². The average Bonchev–Trinajstić information content (AvgIpc) is 3.31. The van der Waals surface area contributed by atoms with E-state index in [9.17, 15) is 4.79 Å². The van der Waals surface area contributed by atoms with E-state index in [1.807, 2.05) is 6.92 Å². The van der Waals surface area contributed by atoms with Crippen LogP contribution in [0.2, 0.25) is 0 Å². The van der Waals surface area contributed by atoms with E-state index in [2.05, 4.69) is 104 Å². The third kappa shape index (κ3) is 3.75. The van der Waals surface area contributed by atoms with E-state index < -0.39 is 0 Å². The van der Waals surface area contributed by atoms with Gasteiger partial charge < -0.3 is 4.57 Å². The first-order valence-corrected chi connectivity index (χ1v) is 13.1. The van der Waals surface area contributed by atoms with Crippen LogP contribution in [0.15, 0.2) is 64.8 Å². The monoisotopic (exact) mass is 538 g/mol. The Hall–Kier alpha value is -1.92. The van der Waals surface area contributed by atoms with Crippen LogP contribution >= 0.6 is 22.6 Å². The van der Waals surface area contributed by atoms with Crippen LogP contribution in [-0.4, -0.2) is 33.9 Å². The van der Waals surface area contributed by atoms with E-state index in [4.69, 9.17) is 0 Å². The van der Waals surface area contributed by atoms with Crippen molar-refractivity contribution in [3.63, 3.8) is 0 Å². The van der Waals surface area contributed by atoms with Crippen LogP contribution in [0.3, 0.4) is 0 Å². The third-order valence-electron chi connectivity index (χ3n) is 7.78. The Morgan fingerprint density at radius 2 is 1.91 bits per heavy atom. The van der Waals surface area contributed by atoms with Crippen LogP contribution in [0, 0.1) is 5.92 Å². The Bertz CT molecular complexity index is 1150. The number of benzene rings is 2. The predicted octanol–water partition coefficient (Wildman–Crippen LogP) is 6.71. The maximum Gasteiger partial charge on any atom is 0.137 e. The molecule has 2 aromatic carbocycles. The van der Waals surface area contributed by atoms with Crippen molar-refractivity contribution < 1.29 is 4.79 Å². The normalized spacial score (nSPS) is 25.7. The van der Waals surface area contributed by atoms with Crippen molar-refractivity contribution in [3.05, 3.63) is 70.3 Å². The molecular weight excluding hydrogens is 507 g/mol. The molecule has 1 aromatic heterocycles. The summed E-state index contributed by atoms with van der Waals surface area (Å²) in [7, 11) is 2.14. The smallest absolute Gasteiger partial charge is 0.137 e. The number of fused-ring (bicyclic) bond motifs is 3. The number of hydrogen-bond acceptors (Lipinski definition) is 2. The molecule has 3 aromatic rings. The van der Waals surface area contributed by atoms with Crippen molar-refractivity contribution in [1.82, 2.24) is 9.47 Å². The molecule has 2 saturated heterocycles. The van der Waals surface area contributed by atoms with Crippen LogP contribution in [0.25, 0.3) is 22.2 Å². The number of halogens is 1. The summed E-state index contributed by atoms with van der Waals surface area (Å²) in [5.41, 5.74) is 5.06. The molecule has 2 aliphatic heterocycles. The van der Waals surface area contributed by atoms with Crippen molar-refractivity contribution in [1.29, 1.82) is 0 Å². The molecule has 5 rings (SSSR count). The zero-order valence-electron chi connectivity index (χ0n) is 18.9. The van der Waals surface area contributed by atoms with Crippen molar-refractivity contribution >= 4 is 39.3 Å². The molecule has 166 valence electrons. The molecule has 0 N–H and O–H groups in total. The molecule has 2 aliphatic rings. The summed E-state index contributed by atoms with van der Waals surface area (Å²) in [6.07, 6.45) is 6.33. The average molecular weight is 538 g/mol. The van der Waals surface area contributed by atoms with Gasteiger partial charge in [0.15, 0.2) is 0 Å². The van der Waals surface area contributed by atoms with Crippen molar-refractivity contribution in [2.24, 2.45) is 13.0 Å². The molecule has 3 heterocycles. The zero-order valence-corrected chi connectivity index (χ0v) is 21.0. The Morgan fingerprint density at radius 1 is 1.12 bits per heavy atom. The Kier molecular flexibility index (Phi) is 6.26. The zero-order chi connectivity index (χ0) is 22.2. The lowest BCUT2D eigenvalue weighted by Crippen LogP contribution is -2.50. The summed E-state index contributed by atoms with van der Waals surface area (Å²) < 4.78 is 4.37. The highest BCUT2D eigenvalue weighted by Crippen LogP contribution is 2.47. The Balaban J connectivity index is 1.46. The fourth-order valence-corrected chi connectivity index (χ4v) is 6.47. The summed E-state index contributed by atoms with van der Waals surface area (Å²) >= 11 is 2.30. The molecule has 3 nitrogen and oxygen atoms in total. The number of rotatable bonds is 6. The van der Waals surface area contributed by atoms with E-state index >= 15 is 0 Å². The molecule has 0 radical (unpaired) electrons. The third-order valence-corrected chi connectivity index (χ3v) is 8.29. The summed E-state index contributed by atoms with van der Waals surface area (Å²) in [5, 5.41) is 1.27. The molecular formula is C28H31IN2O. The predicted molar refractivity (Wildman–Crippen MR) is 141 cm³/mol. The van der Waals surface area contributed by atoms with Gasteiger partial charge in [0.25, 0.3) is 0 Å². The molecule has 0 spiro atoms. The fraction of sp³-hybridized carbons (Fsp3) is 0.393. The van der Waals surface area contributed by atoms with Gasteiger partial charge in [-0.3, -0.25) is 9.69 Å². The van der Waals surface area contributed by atoms with Crippen LogP contribution in [0.5, 0.6) is 0 Å². The number of piperidine rings is 1. The second-order valence-corrected chi connectivity index (χ2v) is 10.0. The number of aryl methyl sites for hydroxylation is 1. The highest BCUT2D eigenvalue weighted by Gasteiger charge is 2.49. The molecule has 0 aliphatic carbocycles. The summed E-state index contributed by atoms with van der Waals surface area (Å²) in [6, 6.07) is 20.9. The number of ketones is 1. The minimum Gasteiger partial charge on any atom is -0.344 e. The molecule has 0 unspecified atom stereocenters. The first kappa shape index (κ1) is 21.9. The van der Waals surface area contributed by atoms with Gasteiger partial charge in [0.1, 0.15) is 5.78 Å².